The van der Waals surface area contributed by atoms with Gasteiger partial charge in [-0.2, -0.15) is 4.98 Å². The number of fused-ring (bicyclic) bond motifs is 1. The molecular weight excluding hydrogens is 287 g/mol. The lowest BCUT2D eigenvalue weighted by Gasteiger charge is -2.09. The maximum Gasteiger partial charge on any atom is 0.573 e. The Morgan fingerprint density at radius 1 is 1.19 bits per heavy atom. The van der Waals surface area contributed by atoms with E-state index in [2.05, 4.69) is 24.7 Å². The third-order valence-corrected chi connectivity index (χ3v) is 2.60. The van der Waals surface area contributed by atoms with E-state index in [1.807, 2.05) is 0 Å². The Hall–Kier alpha value is -2.84. The highest BCUT2D eigenvalue weighted by Gasteiger charge is 2.31. The number of anilines is 1. The first-order valence-electron chi connectivity index (χ1n) is 5.75. The van der Waals surface area contributed by atoms with Crippen LogP contribution in [-0.2, 0) is 0 Å². The molecule has 21 heavy (non-hydrogen) atoms. The van der Waals surface area contributed by atoms with E-state index in [1.165, 1.54) is 24.4 Å². The summed E-state index contributed by atoms with van der Waals surface area (Å²) in [5.41, 5.74) is 6.73. The molecule has 0 atom stereocenters. The summed E-state index contributed by atoms with van der Waals surface area (Å²) in [6.45, 7) is 0. The molecule has 0 fully saturated rings. The number of nitrogens with one attached hydrogen (secondary N) is 1. The maximum absolute atomic E-state index is 12.2. The molecular formula is C12H8F3N5O. The number of alkyl halides is 3. The van der Waals surface area contributed by atoms with Crippen LogP contribution in [0.25, 0.3) is 22.6 Å². The van der Waals surface area contributed by atoms with Gasteiger partial charge in [-0.15, -0.1) is 13.2 Å². The molecule has 0 saturated heterocycles. The molecule has 0 aliphatic rings. The Bertz CT molecular complexity index is 799. The van der Waals surface area contributed by atoms with Gasteiger partial charge in [0.25, 0.3) is 0 Å². The lowest BCUT2D eigenvalue weighted by Crippen LogP contribution is -2.17. The number of ether oxygens (including phenoxy) is 1. The standard InChI is InChI=1S/C12H8F3N5O/c13-12(14,15)21-7-3-1-2-6(4-7)9-18-8-5-17-11(16)20-10(8)19-9/h1-5H,(H3,16,17,18,19,20). The number of nitrogen functional groups attached to an aromatic ring is 1. The summed E-state index contributed by atoms with van der Waals surface area (Å²) in [6, 6.07) is 5.46. The van der Waals surface area contributed by atoms with Gasteiger partial charge >= 0.3 is 6.36 Å². The third-order valence-electron chi connectivity index (χ3n) is 2.60. The van der Waals surface area contributed by atoms with Crippen molar-refractivity contribution in [2.24, 2.45) is 0 Å². The topological polar surface area (TPSA) is 89.7 Å². The Balaban J connectivity index is 2.00. The Labute approximate surface area is 115 Å². The second-order valence-corrected chi connectivity index (χ2v) is 4.13. The number of aromatic nitrogens is 4. The molecule has 1 aromatic carbocycles. The average Bonchev–Trinajstić information content (AvgIpc) is 2.80. The summed E-state index contributed by atoms with van der Waals surface area (Å²) in [4.78, 5) is 14.8. The van der Waals surface area contributed by atoms with Crippen molar-refractivity contribution >= 4 is 17.1 Å². The van der Waals surface area contributed by atoms with Crippen LogP contribution in [0.1, 0.15) is 0 Å². The van der Waals surface area contributed by atoms with Crippen LogP contribution in [0.2, 0.25) is 0 Å². The molecule has 9 heteroatoms. The summed E-state index contributed by atoms with van der Waals surface area (Å²) in [5, 5.41) is 0. The van der Waals surface area contributed by atoms with Gasteiger partial charge in [0.2, 0.25) is 5.95 Å². The van der Waals surface area contributed by atoms with Crippen molar-refractivity contribution in [3.8, 4) is 17.1 Å². The van der Waals surface area contributed by atoms with E-state index in [4.69, 9.17) is 5.73 Å². The van der Waals surface area contributed by atoms with Gasteiger partial charge in [-0.25, -0.2) is 9.97 Å². The number of rotatable bonds is 2. The van der Waals surface area contributed by atoms with Crippen molar-refractivity contribution in [3.63, 3.8) is 0 Å². The van der Waals surface area contributed by atoms with Crippen LogP contribution in [0, 0.1) is 0 Å². The van der Waals surface area contributed by atoms with Crippen molar-refractivity contribution in [1.29, 1.82) is 0 Å². The number of hydrogen-bond acceptors (Lipinski definition) is 5. The first-order chi connectivity index (χ1) is 9.90. The molecule has 0 bridgehead atoms. The Morgan fingerprint density at radius 3 is 2.76 bits per heavy atom. The number of benzene rings is 1. The fraction of sp³-hybridized carbons (Fsp3) is 0.0833. The second kappa shape index (κ2) is 4.62. The Morgan fingerprint density at radius 2 is 2.00 bits per heavy atom. The van der Waals surface area contributed by atoms with Crippen LogP contribution < -0.4 is 10.5 Å². The molecule has 0 amide bonds. The van der Waals surface area contributed by atoms with E-state index in [-0.39, 0.29) is 11.7 Å². The van der Waals surface area contributed by atoms with Crippen molar-refractivity contribution in [1.82, 2.24) is 19.9 Å². The molecule has 3 N–H and O–H groups in total. The molecule has 0 saturated carbocycles. The number of halogens is 3. The largest absolute Gasteiger partial charge is 0.573 e. The van der Waals surface area contributed by atoms with Crippen molar-refractivity contribution in [2.45, 2.75) is 6.36 Å². The number of nitrogens with zero attached hydrogens (tertiary/aromatic N) is 3. The fourth-order valence-electron chi connectivity index (χ4n) is 1.80. The number of aromatic amines is 1. The molecule has 108 valence electrons. The summed E-state index contributed by atoms with van der Waals surface area (Å²) < 4.78 is 40.5. The van der Waals surface area contributed by atoms with Gasteiger partial charge in [-0.1, -0.05) is 12.1 Å². The van der Waals surface area contributed by atoms with Crippen LogP contribution in [0.4, 0.5) is 19.1 Å². The van der Waals surface area contributed by atoms with E-state index in [9.17, 15) is 13.2 Å². The summed E-state index contributed by atoms with van der Waals surface area (Å²) >= 11 is 0. The minimum Gasteiger partial charge on any atom is -0.406 e. The number of hydrogen-bond donors (Lipinski definition) is 2. The van der Waals surface area contributed by atoms with Crippen molar-refractivity contribution in [2.75, 3.05) is 5.73 Å². The first kappa shape index (κ1) is 13.2. The van der Waals surface area contributed by atoms with E-state index < -0.39 is 6.36 Å². The monoisotopic (exact) mass is 295 g/mol. The first-order valence-corrected chi connectivity index (χ1v) is 5.75. The summed E-state index contributed by atoms with van der Waals surface area (Å²) in [6.07, 6.45) is -3.29. The molecule has 0 radical (unpaired) electrons. The van der Waals surface area contributed by atoms with E-state index >= 15 is 0 Å². The number of imidazole rings is 1. The zero-order chi connectivity index (χ0) is 15.0. The van der Waals surface area contributed by atoms with Gasteiger partial charge in [0.05, 0.1) is 6.20 Å². The molecule has 0 aliphatic heterocycles. The highest BCUT2D eigenvalue weighted by atomic mass is 19.4. The van der Waals surface area contributed by atoms with Gasteiger partial charge < -0.3 is 15.5 Å². The van der Waals surface area contributed by atoms with Crippen molar-refractivity contribution in [3.05, 3.63) is 30.5 Å². The Kier molecular flexibility index (Phi) is 2.89. The lowest BCUT2D eigenvalue weighted by atomic mass is 10.2. The lowest BCUT2D eigenvalue weighted by molar-refractivity contribution is -0.274. The molecule has 3 rings (SSSR count). The fourth-order valence-corrected chi connectivity index (χ4v) is 1.80. The summed E-state index contributed by atoms with van der Waals surface area (Å²) in [5.74, 6) is 0.0817. The number of H-pyrrole nitrogens is 1. The maximum atomic E-state index is 12.2. The van der Waals surface area contributed by atoms with Gasteiger partial charge in [0, 0.05) is 5.56 Å². The van der Waals surface area contributed by atoms with E-state index in [1.54, 1.807) is 6.07 Å². The molecule has 0 unspecified atom stereocenters. The van der Waals surface area contributed by atoms with Gasteiger partial charge in [0.1, 0.15) is 17.1 Å². The predicted octanol–water partition coefficient (Wildman–Crippen LogP) is 2.50. The van der Waals surface area contributed by atoms with Crippen LogP contribution in [0.3, 0.4) is 0 Å². The molecule has 0 aliphatic carbocycles. The highest BCUT2D eigenvalue weighted by Crippen LogP contribution is 2.27. The third kappa shape index (κ3) is 2.86. The second-order valence-electron chi connectivity index (χ2n) is 4.13. The van der Waals surface area contributed by atoms with Gasteiger partial charge in [-0.3, -0.25) is 0 Å². The molecule has 6 nitrogen and oxygen atoms in total. The molecule has 0 spiro atoms. The smallest absolute Gasteiger partial charge is 0.406 e. The van der Waals surface area contributed by atoms with Crippen LogP contribution in [-0.4, -0.2) is 26.3 Å². The molecule has 3 aromatic rings. The molecule has 2 heterocycles. The van der Waals surface area contributed by atoms with Gasteiger partial charge in [0.15, 0.2) is 5.65 Å². The zero-order valence-corrected chi connectivity index (χ0v) is 10.3. The number of nitrogens with two attached hydrogens (primary N) is 1. The minimum atomic E-state index is -4.74. The van der Waals surface area contributed by atoms with Crippen LogP contribution in [0.15, 0.2) is 30.5 Å². The average molecular weight is 295 g/mol. The van der Waals surface area contributed by atoms with Crippen LogP contribution in [0.5, 0.6) is 5.75 Å². The minimum absolute atomic E-state index is 0.0645. The van der Waals surface area contributed by atoms with E-state index in [0.717, 1.165) is 0 Å². The van der Waals surface area contributed by atoms with Gasteiger partial charge in [-0.05, 0) is 12.1 Å². The predicted molar refractivity (Wildman–Crippen MR) is 68.2 cm³/mol. The normalized spacial score (nSPS) is 11.8. The highest BCUT2D eigenvalue weighted by molar-refractivity contribution is 5.76. The zero-order valence-electron chi connectivity index (χ0n) is 10.3. The van der Waals surface area contributed by atoms with E-state index in [0.29, 0.717) is 22.6 Å². The quantitative estimate of drug-likeness (QED) is 0.758. The molecule has 2 aromatic heterocycles. The van der Waals surface area contributed by atoms with Crippen LogP contribution >= 0.6 is 0 Å². The SMILES string of the molecule is Nc1ncc2[nH]c(-c3cccc(OC(F)(F)F)c3)nc2n1. The van der Waals surface area contributed by atoms with Crippen molar-refractivity contribution < 1.29 is 17.9 Å². The summed E-state index contributed by atoms with van der Waals surface area (Å²) in [7, 11) is 0.